The van der Waals surface area contributed by atoms with Gasteiger partial charge in [-0.3, -0.25) is 4.79 Å². The molecule has 2 aromatic rings. The van der Waals surface area contributed by atoms with E-state index in [-0.39, 0.29) is 12.5 Å². The molecule has 126 valence electrons. The molecule has 0 saturated carbocycles. The average Bonchev–Trinajstić information content (AvgIpc) is 2.61. The maximum atomic E-state index is 11.8. The third-order valence-electron chi connectivity index (χ3n) is 3.12. The first-order valence-corrected chi connectivity index (χ1v) is 7.95. The van der Waals surface area contributed by atoms with Gasteiger partial charge in [0.15, 0.2) is 11.5 Å². The fourth-order valence-electron chi connectivity index (χ4n) is 1.98. The molecule has 0 radical (unpaired) electrons. The number of benzene rings is 2. The summed E-state index contributed by atoms with van der Waals surface area (Å²) >= 11 is 3.36. The van der Waals surface area contributed by atoms with Gasteiger partial charge >= 0.3 is 0 Å². The largest absolute Gasteiger partial charge is 0.493 e. The Kier molecular flexibility index (Phi) is 6.62. The van der Waals surface area contributed by atoms with E-state index >= 15 is 0 Å². The molecule has 0 bridgehead atoms. The number of nitrogens with one attached hydrogen (secondary N) is 2. The van der Waals surface area contributed by atoms with Crippen molar-refractivity contribution in [2.45, 2.75) is 0 Å². The molecule has 0 saturated heterocycles. The molecule has 0 aromatic heterocycles. The Hall–Kier alpha value is -2.54. The van der Waals surface area contributed by atoms with E-state index in [1.807, 2.05) is 36.4 Å². The average molecular weight is 392 g/mol. The number of nitrogens with zero attached hydrogens (tertiary/aromatic N) is 1. The zero-order valence-electron chi connectivity index (χ0n) is 13.4. The minimum atomic E-state index is -0.254. The lowest BCUT2D eigenvalue weighted by atomic mass is 10.2. The Morgan fingerprint density at radius 2 is 1.92 bits per heavy atom. The number of methoxy groups -OCH3 is 2. The number of hydrazone groups is 1. The van der Waals surface area contributed by atoms with Crippen LogP contribution in [0.25, 0.3) is 0 Å². The standard InChI is InChI=1S/C17H18BrN3O3/c1-23-15-5-3-4-12(17(15)24-2)10-20-21-16(22)11-19-14-8-6-13(18)7-9-14/h3-10,19H,11H2,1-2H3,(H,21,22)/b20-10-. The van der Waals surface area contributed by atoms with Crippen LogP contribution in [0.1, 0.15) is 5.56 Å². The van der Waals surface area contributed by atoms with E-state index in [1.165, 1.54) is 6.21 Å². The number of para-hydroxylation sites is 1. The summed E-state index contributed by atoms with van der Waals surface area (Å²) in [6.07, 6.45) is 1.51. The smallest absolute Gasteiger partial charge is 0.259 e. The minimum Gasteiger partial charge on any atom is -0.493 e. The van der Waals surface area contributed by atoms with Crippen LogP contribution in [0.4, 0.5) is 5.69 Å². The van der Waals surface area contributed by atoms with Crippen LogP contribution in [0.3, 0.4) is 0 Å². The van der Waals surface area contributed by atoms with Crippen molar-refractivity contribution in [3.8, 4) is 11.5 Å². The minimum absolute atomic E-state index is 0.119. The molecular weight excluding hydrogens is 374 g/mol. The summed E-state index contributed by atoms with van der Waals surface area (Å²) in [6.45, 7) is 0.119. The molecule has 0 aliphatic heterocycles. The highest BCUT2D eigenvalue weighted by Crippen LogP contribution is 2.29. The number of amides is 1. The van der Waals surface area contributed by atoms with Crippen molar-refractivity contribution in [3.05, 3.63) is 52.5 Å². The van der Waals surface area contributed by atoms with Crippen molar-refractivity contribution in [1.82, 2.24) is 5.43 Å². The highest BCUT2D eigenvalue weighted by atomic mass is 79.9. The molecule has 1 amide bonds. The Balaban J connectivity index is 1.89. The fourth-order valence-corrected chi connectivity index (χ4v) is 2.24. The van der Waals surface area contributed by atoms with E-state index in [0.29, 0.717) is 17.1 Å². The topological polar surface area (TPSA) is 72.0 Å². The van der Waals surface area contributed by atoms with Gasteiger partial charge in [0.2, 0.25) is 0 Å². The van der Waals surface area contributed by atoms with Gasteiger partial charge < -0.3 is 14.8 Å². The Morgan fingerprint density at radius 1 is 1.17 bits per heavy atom. The second kappa shape index (κ2) is 8.93. The van der Waals surface area contributed by atoms with Crippen LogP contribution in [-0.4, -0.2) is 32.9 Å². The van der Waals surface area contributed by atoms with Crippen LogP contribution >= 0.6 is 15.9 Å². The monoisotopic (exact) mass is 391 g/mol. The summed E-state index contributed by atoms with van der Waals surface area (Å²) in [7, 11) is 3.12. The zero-order valence-corrected chi connectivity index (χ0v) is 15.0. The van der Waals surface area contributed by atoms with Crippen LogP contribution in [0.2, 0.25) is 0 Å². The second-order valence-electron chi connectivity index (χ2n) is 4.74. The lowest BCUT2D eigenvalue weighted by Gasteiger charge is -2.09. The van der Waals surface area contributed by atoms with Crippen LogP contribution in [0.15, 0.2) is 52.0 Å². The van der Waals surface area contributed by atoms with Crippen molar-refractivity contribution in [2.75, 3.05) is 26.1 Å². The molecule has 24 heavy (non-hydrogen) atoms. The van der Waals surface area contributed by atoms with Crippen LogP contribution in [0, 0.1) is 0 Å². The Morgan fingerprint density at radius 3 is 2.58 bits per heavy atom. The van der Waals surface area contributed by atoms with Crippen molar-refractivity contribution < 1.29 is 14.3 Å². The predicted octanol–water partition coefficient (Wildman–Crippen LogP) is 3.03. The molecule has 0 atom stereocenters. The van der Waals surface area contributed by atoms with Crippen molar-refractivity contribution in [3.63, 3.8) is 0 Å². The molecule has 0 spiro atoms. The van der Waals surface area contributed by atoms with Gasteiger partial charge in [-0.15, -0.1) is 0 Å². The highest BCUT2D eigenvalue weighted by Gasteiger charge is 2.07. The first-order chi connectivity index (χ1) is 11.6. The summed E-state index contributed by atoms with van der Waals surface area (Å²) in [5.41, 5.74) is 4.02. The van der Waals surface area contributed by atoms with Gasteiger partial charge in [0, 0.05) is 15.7 Å². The van der Waals surface area contributed by atoms with Crippen LogP contribution in [-0.2, 0) is 4.79 Å². The Labute approximate surface area is 149 Å². The van der Waals surface area contributed by atoms with E-state index < -0.39 is 0 Å². The lowest BCUT2D eigenvalue weighted by Crippen LogP contribution is -2.25. The normalized spacial score (nSPS) is 10.5. The SMILES string of the molecule is COc1cccc(/C=N\NC(=O)CNc2ccc(Br)cc2)c1OC. The van der Waals surface area contributed by atoms with Gasteiger partial charge in [-0.05, 0) is 36.4 Å². The van der Waals surface area contributed by atoms with Crippen LogP contribution in [0.5, 0.6) is 11.5 Å². The highest BCUT2D eigenvalue weighted by molar-refractivity contribution is 9.10. The summed E-state index contributed by atoms with van der Waals surface area (Å²) in [5.74, 6) is 0.909. The van der Waals surface area contributed by atoms with E-state index in [0.717, 1.165) is 10.2 Å². The maximum Gasteiger partial charge on any atom is 0.259 e. The third-order valence-corrected chi connectivity index (χ3v) is 3.65. The second-order valence-corrected chi connectivity index (χ2v) is 5.65. The number of rotatable bonds is 7. The van der Waals surface area contributed by atoms with Crippen molar-refractivity contribution >= 4 is 33.7 Å². The molecule has 2 aromatic carbocycles. The number of anilines is 1. The van der Waals surface area contributed by atoms with Crippen molar-refractivity contribution in [1.29, 1.82) is 0 Å². The van der Waals surface area contributed by atoms with Gasteiger partial charge in [-0.1, -0.05) is 22.0 Å². The molecule has 2 N–H and O–H groups in total. The summed E-state index contributed by atoms with van der Waals surface area (Å²) in [5, 5.41) is 6.95. The third kappa shape index (κ3) is 4.99. The molecule has 0 aliphatic carbocycles. The van der Waals surface area contributed by atoms with Crippen molar-refractivity contribution in [2.24, 2.45) is 5.10 Å². The van der Waals surface area contributed by atoms with Gasteiger partial charge in [-0.25, -0.2) is 5.43 Å². The van der Waals surface area contributed by atoms with Gasteiger partial charge in [0.05, 0.1) is 27.0 Å². The quantitative estimate of drug-likeness (QED) is 0.561. The molecule has 0 fully saturated rings. The number of halogens is 1. The fraction of sp³-hybridized carbons (Fsp3) is 0.176. The molecule has 0 unspecified atom stereocenters. The first-order valence-electron chi connectivity index (χ1n) is 7.16. The lowest BCUT2D eigenvalue weighted by molar-refractivity contribution is -0.119. The molecular formula is C17H18BrN3O3. The number of ether oxygens (including phenoxy) is 2. The number of carbonyl (C=O) groups excluding carboxylic acids is 1. The molecule has 0 heterocycles. The van der Waals surface area contributed by atoms with E-state index in [4.69, 9.17) is 9.47 Å². The number of carbonyl (C=O) groups is 1. The first kappa shape index (κ1) is 17.8. The number of hydrogen-bond acceptors (Lipinski definition) is 5. The van der Waals surface area contributed by atoms with Gasteiger partial charge in [0.1, 0.15) is 0 Å². The zero-order chi connectivity index (χ0) is 17.4. The number of hydrogen-bond donors (Lipinski definition) is 2. The van der Waals surface area contributed by atoms with E-state index in [1.54, 1.807) is 20.3 Å². The molecule has 0 aliphatic rings. The van der Waals surface area contributed by atoms with E-state index in [9.17, 15) is 4.79 Å². The summed E-state index contributed by atoms with van der Waals surface area (Å²) in [6, 6.07) is 13.0. The molecule has 2 rings (SSSR count). The molecule has 7 heteroatoms. The summed E-state index contributed by atoms with van der Waals surface area (Å²) in [4.78, 5) is 11.8. The van der Waals surface area contributed by atoms with Crippen LogP contribution < -0.4 is 20.2 Å². The van der Waals surface area contributed by atoms with Gasteiger partial charge in [0.25, 0.3) is 5.91 Å². The van der Waals surface area contributed by atoms with E-state index in [2.05, 4.69) is 31.8 Å². The van der Waals surface area contributed by atoms with Gasteiger partial charge in [-0.2, -0.15) is 5.10 Å². The maximum absolute atomic E-state index is 11.8. The summed E-state index contributed by atoms with van der Waals surface area (Å²) < 4.78 is 11.5. The predicted molar refractivity (Wildman–Crippen MR) is 97.9 cm³/mol. The Bertz CT molecular complexity index is 718. The molecule has 6 nitrogen and oxygen atoms in total.